The Labute approximate surface area is 178 Å². The summed E-state index contributed by atoms with van der Waals surface area (Å²) in [6.07, 6.45) is 7.46. The van der Waals surface area contributed by atoms with E-state index in [0.29, 0.717) is 17.4 Å². The SMILES string of the molecule is Cc1cccc(-c2cc(Nc3cccc(C(=O)N(C)C4CCCCC4)c3)ncn2)c1. The molecule has 1 aliphatic carbocycles. The highest BCUT2D eigenvalue weighted by atomic mass is 16.2. The second kappa shape index (κ2) is 9.08. The van der Waals surface area contributed by atoms with Gasteiger partial charge in [-0.05, 0) is 44.0 Å². The molecule has 0 unspecified atom stereocenters. The summed E-state index contributed by atoms with van der Waals surface area (Å²) in [5, 5.41) is 3.32. The fourth-order valence-electron chi connectivity index (χ4n) is 4.10. The van der Waals surface area contributed by atoms with Crippen LogP contribution in [0.4, 0.5) is 11.5 Å². The van der Waals surface area contributed by atoms with Gasteiger partial charge in [0.2, 0.25) is 0 Å². The van der Waals surface area contributed by atoms with Gasteiger partial charge in [0.15, 0.2) is 0 Å². The molecule has 154 valence electrons. The highest BCUT2D eigenvalue weighted by Crippen LogP contribution is 2.25. The van der Waals surface area contributed by atoms with Crippen LogP contribution in [0, 0.1) is 6.92 Å². The van der Waals surface area contributed by atoms with Crippen LogP contribution in [0.2, 0.25) is 0 Å². The third-order valence-electron chi connectivity index (χ3n) is 5.81. The molecule has 0 spiro atoms. The molecule has 1 aromatic heterocycles. The maximum atomic E-state index is 13.0. The van der Waals surface area contributed by atoms with Crippen LogP contribution in [0.25, 0.3) is 11.3 Å². The summed E-state index contributed by atoms with van der Waals surface area (Å²) in [5.41, 5.74) is 4.64. The van der Waals surface area contributed by atoms with Gasteiger partial charge in [-0.3, -0.25) is 4.79 Å². The van der Waals surface area contributed by atoms with E-state index in [9.17, 15) is 4.79 Å². The molecule has 4 rings (SSSR count). The minimum Gasteiger partial charge on any atom is -0.340 e. The van der Waals surface area contributed by atoms with Gasteiger partial charge in [0.25, 0.3) is 5.91 Å². The number of anilines is 2. The molecule has 5 heteroatoms. The summed E-state index contributed by atoms with van der Waals surface area (Å²) in [7, 11) is 1.93. The number of amides is 1. The number of aryl methyl sites for hydroxylation is 1. The Morgan fingerprint density at radius 1 is 1.00 bits per heavy atom. The lowest BCUT2D eigenvalue weighted by atomic mass is 9.94. The van der Waals surface area contributed by atoms with Crippen LogP contribution in [0.15, 0.2) is 60.9 Å². The number of aromatic nitrogens is 2. The number of hydrogen-bond donors (Lipinski definition) is 1. The normalized spacial score (nSPS) is 14.3. The highest BCUT2D eigenvalue weighted by Gasteiger charge is 2.23. The molecule has 0 bridgehead atoms. The van der Waals surface area contributed by atoms with Crippen LogP contribution >= 0.6 is 0 Å². The van der Waals surface area contributed by atoms with Crippen molar-refractivity contribution >= 4 is 17.4 Å². The molecule has 0 atom stereocenters. The molecule has 1 fully saturated rings. The summed E-state index contributed by atoms with van der Waals surface area (Å²) in [5.74, 6) is 0.778. The van der Waals surface area contributed by atoms with Crippen LogP contribution in [0.1, 0.15) is 48.0 Å². The van der Waals surface area contributed by atoms with Crippen molar-refractivity contribution in [1.82, 2.24) is 14.9 Å². The molecule has 1 aliphatic rings. The third kappa shape index (κ3) is 4.67. The zero-order valence-corrected chi connectivity index (χ0v) is 17.6. The van der Waals surface area contributed by atoms with Crippen molar-refractivity contribution in [2.24, 2.45) is 0 Å². The van der Waals surface area contributed by atoms with Gasteiger partial charge in [0.1, 0.15) is 12.1 Å². The third-order valence-corrected chi connectivity index (χ3v) is 5.81. The number of hydrogen-bond acceptors (Lipinski definition) is 4. The van der Waals surface area contributed by atoms with Gasteiger partial charge >= 0.3 is 0 Å². The molecule has 0 radical (unpaired) electrons. The monoisotopic (exact) mass is 400 g/mol. The molecular weight excluding hydrogens is 372 g/mol. The molecule has 2 aromatic carbocycles. The maximum absolute atomic E-state index is 13.0. The van der Waals surface area contributed by atoms with Crippen LogP contribution < -0.4 is 5.32 Å². The molecule has 1 amide bonds. The van der Waals surface area contributed by atoms with E-state index < -0.39 is 0 Å². The molecule has 1 N–H and O–H groups in total. The quantitative estimate of drug-likeness (QED) is 0.606. The average Bonchev–Trinajstić information content (AvgIpc) is 2.79. The Morgan fingerprint density at radius 3 is 2.60 bits per heavy atom. The summed E-state index contributed by atoms with van der Waals surface area (Å²) in [4.78, 5) is 23.7. The first kappa shape index (κ1) is 20.1. The van der Waals surface area contributed by atoms with E-state index in [1.807, 2.05) is 54.4 Å². The minimum atomic E-state index is 0.0775. The predicted molar refractivity (Wildman–Crippen MR) is 121 cm³/mol. The summed E-state index contributed by atoms with van der Waals surface area (Å²) in [6.45, 7) is 2.07. The molecule has 1 heterocycles. The highest BCUT2D eigenvalue weighted by molar-refractivity contribution is 5.95. The molecule has 1 saturated carbocycles. The smallest absolute Gasteiger partial charge is 0.253 e. The van der Waals surface area contributed by atoms with Crippen LogP contribution in [0.5, 0.6) is 0 Å². The number of rotatable bonds is 5. The number of carbonyl (C=O) groups is 1. The van der Waals surface area contributed by atoms with Gasteiger partial charge in [-0.2, -0.15) is 0 Å². The van der Waals surface area contributed by atoms with E-state index in [1.54, 1.807) is 6.33 Å². The lowest BCUT2D eigenvalue weighted by molar-refractivity contribution is 0.0696. The van der Waals surface area contributed by atoms with Crippen molar-refractivity contribution in [3.63, 3.8) is 0 Å². The fourth-order valence-corrected chi connectivity index (χ4v) is 4.10. The fraction of sp³-hybridized carbons (Fsp3) is 0.320. The average molecular weight is 401 g/mol. The van der Waals surface area contributed by atoms with Crippen molar-refractivity contribution in [3.05, 3.63) is 72.1 Å². The molecular formula is C25H28N4O. The second-order valence-corrected chi connectivity index (χ2v) is 8.07. The van der Waals surface area contributed by atoms with Gasteiger partial charge in [-0.15, -0.1) is 0 Å². The Balaban J connectivity index is 1.51. The van der Waals surface area contributed by atoms with E-state index in [0.717, 1.165) is 29.8 Å². The van der Waals surface area contributed by atoms with Crippen molar-refractivity contribution in [2.45, 2.75) is 45.1 Å². The van der Waals surface area contributed by atoms with Gasteiger partial charge < -0.3 is 10.2 Å². The Bertz CT molecular complexity index is 1030. The zero-order valence-electron chi connectivity index (χ0n) is 17.6. The van der Waals surface area contributed by atoms with E-state index in [4.69, 9.17) is 0 Å². The van der Waals surface area contributed by atoms with E-state index in [-0.39, 0.29) is 5.91 Å². The number of nitrogens with zero attached hydrogens (tertiary/aromatic N) is 3. The van der Waals surface area contributed by atoms with Crippen molar-refractivity contribution in [1.29, 1.82) is 0 Å². The zero-order chi connectivity index (χ0) is 20.9. The summed E-state index contributed by atoms with van der Waals surface area (Å²) >= 11 is 0. The van der Waals surface area contributed by atoms with Crippen LogP contribution in [-0.4, -0.2) is 33.9 Å². The van der Waals surface area contributed by atoms with Crippen molar-refractivity contribution in [3.8, 4) is 11.3 Å². The molecule has 0 aliphatic heterocycles. The van der Waals surface area contributed by atoms with E-state index in [1.165, 1.54) is 24.8 Å². The van der Waals surface area contributed by atoms with Gasteiger partial charge in [0.05, 0.1) is 5.69 Å². The van der Waals surface area contributed by atoms with E-state index >= 15 is 0 Å². The lowest BCUT2D eigenvalue weighted by Gasteiger charge is -2.31. The largest absolute Gasteiger partial charge is 0.340 e. The molecule has 0 saturated heterocycles. The van der Waals surface area contributed by atoms with E-state index in [2.05, 4.69) is 34.3 Å². The second-order valence-electron chi connectivity index (χ2n) is 8.07. The molecule has 5 nitrogen and oxygen atoms in total. The molecule has 3 aromatic rings. The number of carbonyl (C=O) groups excluding carboxylic acids is 1. The summed E-state index contributed by atoms with van der Waals surface area (Å²) < 4.78 is 0. The molecule has 30 heavy (non-hydrogen) atoms. The maximum Gasteiger partial charge on any atom is 0.253 e. The number of benzene rings is 2. The minimum absolute atomic E-state index is 0.0775. The van der Waals surface area contributed by atoms with Crippen molar-refractivity contribution < 1.29 is 4.79 Å². The van der Waals surface area contributed by atoms with Crippen LogP contribution in [0.3, 0.4) is 0 Å². The lowest BCUT2D eigenvalue weighted by Crippen LogP contribution is -2.38. The van der Waals surface area contributed by atoms with Gasteiger partial charge in [0, 0.05) is 36.0 Å². The summed E-state index contributed by atoms with van der Waals surface area (Å²) in [6, 6.07) is 18.2. The first-order chi connectivity index (χ1) is 14.6. The first-order valence-electron chi connectivity index (χ1n) is 10.6. The van der Waals surface area contributed by atoms with Crippen molar-refractivity contribution in [2.75, 3.05) is 12.4 Å². The first-order valence-corrected chi connectivity index (χ1v) is 10.6. The Hall–Kier alpha value is -3.21. The standard InChI is InChI=1S/C25H28N4O/c1-18-8-6-9-19(14-18)23-16-24(27-17-26-23)28-21-11-7-10-20(15-21)25(30)29(2)22-12-4-3-5-13-22/h6-11,14-17,22H,3-5,12-13H2,1-2H3,(H,26,27,28). The van der Waals surface area contributed by atoms with Gasteiger partial charge in [-0.1, -0.05) is 49.1 Å². The topological polar surface area (TPSA) is 58.1 Å². The predicted octanol–water partition coefficient (Wildman–Crippen LogP) is 5.60. The van der Waals surface area contributed by atoms with Gasteiger partial charge in [-0.25, -0.2) is 9.97 Å². The Kier molecular flexibility index (Phi) is 6.07. The number of nitrogens with one attached hydrogen (secondary N) is 1. The van der Waals surface area contributed by atoms with Crippen LogP contribution in [-0.2, 0) is 0 Å². The Morgan fingerprint density at radius 2 is 1.80 bits per heavy atom.